The summed E-state index contributed by atoms with van der Waals surface area (Å²) in [5.41, 5.74) is -0.0529. The molecule has 0 spiro atoms. The fourth-order valence-corrected chi connectivity index (χ4v) is 2.68. The maximum absolute atomic E-state index is 12.1. The standard InChI is InChI=1S/C15H26O4/c1-5-12(15(2,3)4)19-14(18)11-8-6-10(7-9-11)13(16)17/h10-12H,5-9H2,1-4H3,(H,16,17). The molecule has 1 unspecified atom stereocenters. The lowest BCUT2D eigenvalue weighted by atomic mass is 9.82. The van der Waals surface area contributed by atoms with Crippen molar-refractivity contribution in [3.05, 3.63) is 0 Å². The highest BCUT2D eigenvalue weighted by Gasteiger charge is 2.33. The van der Waals surface area contributed by atoms with Crippen molar-refractivity contribution in [1.82, 2.24) is 0 Å². The zero-order valence-corrected chi connectivity index (χ0v) is 12.4. The molecule has 1 atom stereocenters. The van der Waals surface area contributed by atoms with Gasteiger partial charge in [0, 0.05) is 0 Å². The molecule has 1 aliphatic rings. The van der Waals surface area contributed by atoms with Crippen LogP contribution in [0.2, 0.25) is 0 Å². The van der Waals surface area contributed by atoms with E-state index < -0.39 is 5.97 Å². The normalized spacial score (nSPS) is 25.7. The fourth-order valence-electron chi connectivity index (χ4n) is 2.68. The first-order chi connectivity index (χ1) is 8.75. The van der Waals surface area contributed by atoms with Gasteiger partial charge in [-0.1, -0.05) is 27.7 Å². The number of rotatable bonds is 4. The van der Waals surface area contributed by atoms with Gasteiger partial charge in [0.1, 0.15) is 6.10 Å². The summed E-state index contributed by atoms with van der Waals surface area (Å²) in [6, 6.07) is 0. The zero-order valence-electron chi connectivity index (χ0n) is 12.4. The van der Waals surface area contributed by atoms with Gasteiger partial charge in [-0.2, -0.15) is 0 Å². The molecule has 0 aromatic rings. The van der Waals surface area contributed by atoms with Gasteiger partial charge in [-0.25, -0.2) is 0 Å². The second kappa shape index (κ2) is 6.40. The Morgan fingerprint density at radius 3 is 2.00 bits per heavy atom. The molecule has 0 aliphatic heterocycles. The van der Waals surface area contributed by atoms with Gasteiger partial charge in [-0.3, -0.25) is 9.59 Å². The minimum Gasteiger partial charge on any atom is -0.481 e. The molecule has 0 amide bonds. The number of ether oxygens (including phenoxy) is 1. The Morgan fingerprint density at radius 2 is 1.63 bits per heavy atom. The zero-order chi connectivity index (χ0) is 14.6. The van der Waals surface area contributed by atoms with Crippen LogP contribution < -0.4 is 0 Å². The average molecular weight is 270 g/mol. The lowest BCUT2D eigenvalue weighted by molar-refractivity contribution is -0.162. The molecule has 0 heterocycles. The first kappa shape index (κ1) is 16.0. The Labute approximate surface area is 115 Å². The molecule has 4 nitrogen and oxygen atoms in total. The van der Waals surface area contributed by atoms with Crippen molar-refractivity contribution in [2.75, 3.05) is 0 Å². The number of carbonyl (C=O) groups excluding carboxylic acids is 1. The maximum atomic E-state index is 12.1. The summed E-state index contributed by atoms with van der Waals surface area (Å²) in [6.45, 7) is 8.21. The van der Waals surface area contributed by atoms with E-state index in [1.165, 1.54) is 0 Å². The summed E-state index contributed by atoms with van der Waals surface area (Å²) in [5, 5.41) is 8.94. The van der Waals surface area contributed by atoms with Crippen LogP contribution in [-0.2, 0) is 14.3 Å². The average Bonchev–Trinajstić information content (AvgIpc) is 2.34. The van der Waals surface area contributed by atoms with E-state index in [-0.39, 0.29) is 29.3 Å². The van der Waals surface area contributed by atoms with E-state index in [1.54, 1.807) is 0 Å². The van der Waals surface area contributed by atoms with Gasteiger partial charge in [-0.05, 0) is 37.5 Å². The quantitative estimate of drug-likeness (QED) is 0.796. The van der Waals surface area contributed by atoms with Crippen LogP contribution in [0.25, 0.3) is 0 Å². The molecule has 0 aromatic carbocycles. The van der Waals surface area contributed by atoms with Crippen LogP contribution >= 0.6 is 0 Å². The number of esters is 1. The molecule has 0 aromatic heterocycles. The van der Waals surface area contributed by atoms with E-state index in [2.05, 4.69) is 20.8 Å². The summed E-state index contributed by atoms with van der Waals surface area (Å²) in [7, 11) is 0. The van der Waals surface area contributed by atoms with Crippen LogP contribution in [0, 0.1) is 17.3 Å². The largest absolute Gasteiger partial charge is 0.481 e. The van der Waals surface area contributed by atoms with Crippen molar-refractivity contribution in [3.8, 4) is 0 Å². The highest BCUT2D eigenvalue weighted by Crippen LogP contribution is 2.32. The van der Waals surface area contributed by atoms with Gasteiger partial charge in [0.15, 0.2) is 0 Å². The summed E-state index contributed by atoms with van der Waals surface area (Å²) in [6.07, 6.45) is 3.17. The van der Waals surface area contributed by atoms with E-state index in [1.807, 2.05) is 6.92 Å². The third kappa shape index (κ3) is 4.51. The van der Waals surface area contributed by atoms with Crippen molar-refractivity contribution in [3.63, 3.8) is 0 Å². The Kier molecular flexibility index (Phi) is 5.39. The van der Waals surface area contributed by atoms with Gasteiger partial charge in [0.25, 0.3) is 0 Å². The first-order valence-corrected chi connectivity index (χ1v) is 7.19. The molecule has 110 valence electrons. The molecule has 1 fully saturated rings. The topological polar surface area (TPSA) is 63.6 Å². The van der Waals surface area contributed by atoms with Gasteiger partial charge in [0.05, 0.1) is 11.8 Å². The van der Waals surface area contributed by atoms with E-state index in [0.717, 1.165) is 6.42 Å². The van der Waals surface area contributed by atoms with Crippen molar-refractivity contribution in [2.24, 2.45) is 17.3 Å². The van der Waals surface area contributed by atoms with Crippen LogP contribution in [0.1, 0.15) is 59.8 Å². The molecule has 0 bridgehead atoms. The van der Waals surface area contributed by atoms with Crippen LogP contribution in [0.4, 0.5) is 0 Å². The lowest BCUT2D eigenvalue weighted by Gasteiger charge is -2.32. The highest BCUT2D eigenvalue weighted by atomic mass is 16.5. The molecule has 1 N–H and O–H groups in total. The van der Waals surface area contributed by atoms with Crippen molar-refractivity contribution in [2.45, 2.75) is 65.9 Å². The van der Waals surface area contributed by atoms with Gasteiger partial charge < -0.3 is 9.84 Å². The van der Waals surface area contributed by atoms with Crippen LogP contribution in [0.5, 0.6) is 0 Å². The molecule has 1 saturated carbocycles. The lowest BCUT2D eigenvalue weighted by Crippen LogP contribution is -2.35. The molecule has 4 heteroatoms. The number of carboxylic acids is 1. The third-order valence-electron chi connectivity index (χ3n) is 4.00. The molecule has 1 aliphatic carbocycles. The molecule has 0 saturated heterocycles. The number of carbonyl (C=O) groups is 2. The number of hydrogen-bond acceptors (Lipinski definition) is 3. The smallest absolute Gasteiger partial charge is 0.309 e. The van der Waals surface area contributed by atoms with Crippen LogP contribution in [0.15, 0.2) is 0 Å². The Hall–Kier alpha value is -1.06. The van der Waals surface area contributed by atoms with E-state index >= 15 is 0 Å². The van der Waals surface area contributed by atoms with Gasteiger partial charge in [0.2, 0.25) is 0 Å². The monoisotopic (exact) mass is 270 g/mol. The SMILES string of the molecule is CCC(OC(=O)C1CCC(C(=O)O)CC1)C(C)(C)C. The van der Waals surface area contributed by atoms with Gasteiger partial charge >= 0.3 is 11.9 Å². The van der Waals surface area contributed by atoms with Crippen molar-refractivity contribution >= 4 is 11.9 Å². The number of hydrogen-bond donors (Lipinski definition) is 1. The first-order valence-electron chi connectivity index (χ1n) is 7.19. The van der Waals surface area contributed by atoms with Gasteiger partial charge in [-0.15, -0.1) is 0 Å². The Bertz CT molecular complexity index is 322. The predicted molar refractivity (Wildman–Crippen MR) is 72.7 cm³/mol. The summed E-state index contributed by atoms with van der Waals surface area (Å²) in [4.78, 5) is 23.0. The summed E-state index contributed by atoms with van der Waals surface area (Å²) < 4.78 is 5.61. The van der Waals surface area contributed by atoms with E-state index in [4.69, 9.17) is 9.84 Å². The summed E-state index contributed by atoms with van der Waals surface area (Å²) >= 11 is 0. The number of carboxylic acid groups (broad SMARTS) is 1. The molecule has 1 rings (SSSR count). The Balaban J connectivity index is 2.49. The van der Waals surface area contributed by atoms with Crippen LogP contribution in [0.3, 0.4) is 0 Å². The van der Waals surface area contributed by atoms with E-state index in [9.17, 15) is 9.59 Å². The maximum Gasteiger partial charge on any atom is 0.309 e. The van der Waals surface area contributed by atoms with Crippen molar-refractivity contribution in [1.29, 1.82) is 0 Å². The Morgan fingerprint density at radius 1 is 1.16 bits per heavy atom. The molecule has 19 heavy (non-hydrogen) atoms. The minimum atomic E-state index is -0.743. The third-order valence-corrected chi connectivity index (χ3v) is 4.00. The predicted octanol–water partition coefficient (Wildman–Crippen LogP) is 3.25. The molecular formula is C15H26O4. The second-order valence-corrected chi connectivity index (χ2v) is 6.59. The van der Waals surface area contributed by atoms with Crippen molar-refractivity contribution < 1.29 is 19.4 Å². The summed E-state index contributed by atoms with van der Waals surface area (Å²) in [5.74, 6) is -1.29. The highest BCUT2D eigenvalue weighted by molar-refractivity contribution is 5.74. The molecule has 0 radical (unpaired) electrons. The molecular weight excluding hydrogens is 244 g/mol. The van der Waals surface area contributed by atoms with E-state index in [0.29, 0.717) is 25.7 Å². The fraction of sp³-hybridized carbons (Fsp3) is 0.867. The minimum absolute atomic E-state index is 0.0529. The second-order valence-electron chi connectivity index (χ2n) is 6.59. The number of aliphatic carboxylic acids is 1. The van der Waals surface area contributed by atoms with Crippen LogP contribution in [-0.4, -0.2) is 23.1 Å².